The van der Waals surface area contributed by atoms with Crippen LogP contribution in [0.1, 0.15) is 75.2 Å². The van der Waals surface area contributed by atoms with Crippen molar-refractivity contribution in [2.24, 2.45) is 0 Å². The highest BCUT2D eigenvalue weighted by Crippen LogP contribution is 2.32. The van der Waals surface area contributed by atoms with Gasteiger partial charge in [-0.3, -0.25) is 9.59 Å². The molecule has 5 rings (SSSR count). The molecule has 0 aliphatic heterocycles. The standard InChI is InChI=1S/C27H33FN6O3/c1-18-11-16-23(37-18)26-30-32-33(31-26)17-24(35)34(22-9-3-2-4-10-22)25(19-12-14-20(28)15-13-19)27(36)29-21-7-5-6-8-21/h11-16,21-22,25H,2-10,17H2,1H3,(H,29,36)/t25-/m1/s1. The fourth-order valence-electron chi connectivity index (χ4n) is 5.52. The largest absolute Gasteiger partial charge is 0.458 e. The van der Waals surface area contributed by atoms with Crippen molar-refractivity contribution >= 4 is 11.8 Å². The first-order valence-electron chi connectivity index (χ1n) is 13.2. The van der Waals surface area contributed by atoms with E-state index < -0.39 is 6.04 Å². The van der Waals surface area contributed by atoms with Crippen molar-refractivity contribution in [3.05, 3.63) is 53.5 Å². The van der Waals surface area contributed by atoms with Gasteiger partial charge < -0.3 is 14.6 Å². The number of hydrogen-bond donors (Lipinski definition) is 1. The highest BCUT2D eigenvalue weighted by molar-refractivity contribution is 5.89. The summed E-state index contributed by atoms with van der Waals surface area (Å²) in [5.74, 6) is 0.598. The summed E-state index contributed by atoms with van der Waals surface area (Å²) in [5.41, 5.74) is 0.592. The van der Waals surface area contributed by atoms with Crippen molar-refractivity contribution in [2.75, 3.05) is 0 Å². The highest BCUT2D eigenvalue weighted by Gasteiger charge is 2.38. The van der Waals surface area contributed by atoms with Gasteiger partial charge in [0.2, 0.25) is 17.6 Å². The van der Waals surface area contributed by atoms with Gasteiger partial charge in [0.05, 0.1) is 0 Å². The first-order chi connectivity index (χ1) is 18.0. The predicted octanol–water partition coefficient (Wildman–Crippen LogP) is 4.34. The smallest absolute Gasteiger partial charge is 0.247 e. The number of hydrogen-bond acceptors (Lipinski definition) is 6. The minimum atomic E-state index is -0.868. The SMILES string of the molecule is Cc1ccc(-c2nnn(CC(=O)N(C3CCCCC3)[C@@H](C(=O)NC3CCCC3)c3ccc(F)cc3)n2)o1. The molecule has 3 aromatic rings. The maximum atomic E-state index is 13.9. The lowest BCUT2D eigenvalue weighted by molar-refractivity contribution is -0.145. The summed E-state index contributed by atoms with van der Waals surface area (Å²) in [5, 5.41) is 15.6. The second kappa shape index (κ2) is 11.2. The third kappa shape index (κ3) is 5.89. The van der Waals surface area contributed by atoms with Crippen LogP contribution >= 0.6 is 0 Å². The molecule has 2 amide bonds. The zero-order chi connectivity index (χ0) is 25.8. The summed E-state index contributed by atoms with van der Waals surface area (Å²) < 4.78 is 19.4. The van der Waals surface area contributed by atoms with E-state index in [4.69, 9.17) is 4.42 Å². The van der Waals surface area contributed by atoms with E-state index in [0.29, 0.717) is 17.1 Å². The Balaban J connectivity index is 1.45. The summed E-state index contributed by atoms with van der Waals surface area (Å²) in [7, 11) is 0. The molecule has 1 N–H and O–H groups in total. The number of benzene rings is 1. The molecule has 2 fully saturated rings. The lowest BCUT2D eigenvalue weighted by Crippen LogP contribution is -2.51. The zero-order valence-electron chi connectivity index (χ0n) is 21.1. The van der Waals surface area contributed by atoms with Crippen molar-refractivity contribution in [3.63, 3.8) is 0 Å². The Kier molecular flexibility index (Phi) is 7.62. The molecule has 196 valence electrons. The van der Waals surface area contributed by atoms with Crippen LogP contribution in [-0.2, 0) is 16.1 Å². The van der Waals surface area contributed by atoms with E-state index in [2.05, 4.69) is 20.7 Å². The normalized spacial score (nSPS) is 17.6. The average Bonchev–Trinajstić information content (AvgIpc) is 3.66. The van der Waals surface area contributed by atoms with Gasteiger partial charge in [0.25, 0.3) is 0 Å². The van der Waals surface area contributed by atoms with Crippen LogP contribution in [0.3, 0.4) is 0 Å². The third-order valence-electron chi connectivity index (χ3n) is 7.36. The Morgan fingerprint density at radius 1 is 1.05 bits per heavy atom. The Morgan fingerprint density at radius 3 is 2.43 bits per heavy atom. The van der Waals surface area contributed by atoms with Crippen LogP contribution in [0.15, 0.2) is 40.8 Å². The molecule has 2 aromatic heterocycles. The number of aryl methyl sites for hydroxylation is 1. The fourth-order valence-corrected chi connectivity index (χ4v) is 5.52. The van der Waals surface area contributed by atoms with Gasteiger partial charge in [-0.05, 0) is 67.6 Å². The average molecular weight is 509 g/mol. The summed E-state index contributed by atoms with van der Waals surface area (Å²) in [6.07, 6.45) is 8.69. The van der Waals surface area contributed by atoms with Crippen molar-refractivity contribution in [3.8, 4) is 11.6 Å². The highest BCUT2D eigenvalue weighted by atomic mass is 19.1. The number of nitrogens with zero attached hydrogens (tertiary/aromatic N) is 5. The molecule has 0 bridgehead atoms. The van der Waals surface area contributed by atoms with E-state index in [1.165, 1.54) is 16.9 Å². The summed E-state index contributed by atoms with van der Waals surface area (Å²) in [6.45, 7) is 1.66. The number of nitrogens with one attached hydrogen (secondary N) is 1. The molecular weight excluding hydrogens is 475 g/mol. The molecular formula is C27H33FN6O3. The van der Waals surface area contributed by atoms with Crippen molar-refractivity contribution in [1.82, 2.24) is 30.4 Å². The molecule has 10 heteroatoms. The van der Waals surface area contributed by atoms with Crippen molar-refractivity contribution < 1.29 is 18.4 Å². The number of furan rings is 1. The topological polar surface area (TPSA) is 106 Å². The minimum absolute atomic E-state index is 0.0926. The van der Waals surface area contributed by atoms with Crippen LogP contribution in [0.5, 0.6) is 0 Å². The Labute approximate surface area is 215 Å². The molecule has 2 heterocycles. The molecule has 37 heavy (non-hydrogen) atoms. The Hall–Kier alpha value is -3.56. The summed E-state index contributed by atoms with van der Waals surface area (Å²) in [6, 6.07) is 8.55. The van der Waals surface area contributed by atoms with Gasteiger partial charge >= 0.3 is 0 Å². The first kappa shape index (κ1) is 25.1. The molecule has 1 atom stereocenters. The van der Waals surface area contributed by atoms with Crippen LogP contribution in [-0.4, -0.2) is 49.0 Å². The number of amides is 2. The molecule has 0 radical (unpaired) electrons. The lowest BCUT2D eigenvalue weighted by Gasteiger charge is -2.39. The van der Waals surface area contributed by atoms with Crippen LogP contribution in [0.2, 0.25) is 0 Å². The van der Waals surface area contributed by atoms with Crippen LogP contribution in [0.25, 0.3) is 11.6 Å². The molecule has 0 spiro atoms. The third-order valence-corrected chi connectivity index (χ3v) is 7.36. The molecule has 1 aromatic carbocycles. The lowest BCUT2D eigenvalue weighted by atomic mass is 9.91. The van der Waals surface area contributed by atoms with Gasteiger partial charge in [0.15, 0.2) is 5.76 Å². The molecule has 2 aliphatic rings. The Bertz CT molecular complexity index is 1210. The van der Waals surface area contributed by atoms with E-state index in [0.717, 1.165) is 63.5 Å². The molecule has 2 saturated carbocycles. The van der Waals surface area contributed by atoms with E-state index in [-0.39, 0.29) is 36.3 Å². The van der Waals surface area contributed by atoms with Crippen LogP contribution in [0.4, 0.5) is 4.39 Å². The quantitative estimate of drug-likeness (QED) is 0.485. The fraction of sp³-hybridized carbons (Fsp3) is 0.519. The molecule has 9 nitrogen and oxygen atoms in total. The van der Waals surface area contributed by atoms with E-state index >= 15 is 0 Å². The van der Waals surface area contributed by atoms with E-state index in [9.17, 15) is 14.0 Å². The number of halogens is 1. The van der Waals surface area contributed by atoms with Gasteiger partial charge in [0, 0.05) is 12.1 Å². The summed E-state index contributed by atoms with van der Waals surface area (Å²) in [4.78, 5) is 30.6. The second-order valence-electron chi connectivity index (χ2n) is 10.1. The molecule has 0 saturated heterocycles. The van der Waals surface area contributed by atoms with Crippen LogP contribution < -0.4 is 5.32 Å². The maximum absolute atomic E-state index is 13.9. The number of tetrazole rings is 1. The maximum Gasteiger partial charge on any atom is 0.247 e. The second-order valence-corrected chi connectivity index (χ2v) is 10.1. The number of carbonyl (C=O) groups excluding carboxylic acids is 2. The monoisotopic (exact) mass is 508 g/mol. The first-order valence-corrected chi connectivity index (χ1v) is 13.2. The van der Waals surface area contributed by atoms with Crippen LogP contribution in [0, 0.1) is 12.7 Å². The minimum Gasteiger partial charge on any atom is -0.458 e. The zero-order valence-corrected chi connectivity index (χ0v) is 21.1. The van der Waals surface area contributed by atoms with Crippen molar-refractivity contribution in [1.29, 1.82) is 0 Å². The number of aromatic nitrogens is 4. The Morgan fingerprint density at radius 2 is 1.76 bits per heavy atom. The summed E-state index contributed by atoms with van der Waals surface area (Å²) >= 11 is 0. The number of rotatable bonds is 8. The van der Waals surface area contributed by atoms with Gasteiger partial charge in [-0.2, -0.15) is 4.80 Å². The molecule has 2 aliphatic carbocycles. The van der Waals surface area contributed by atoms with E-state index in [1.54, 1.807) is 23.1 Å². The van der Waals surface area contributed by atoms with E-state index in [1.807, 2.05) is 13.0 Å². The predicted molar refractivity (Wildman–Crippen MR) is 134 cm³/mol. The van der Waals surface area contributed by atoms with Gasteiger partial charge in [-0.1, -0.05) is 44.2 Å². The van der Waals surface area contributed by atoms with Gasteiger partial charge in [-0.25, -0.2) is 4.39 Å². The molecule has 0 unspecified atom stereocenters. The van der Waals surface area contributed by atoms with Gasteiger partial charge in [0.1, 0.15) is 24.2 Å². The van der Waals surface area contributed by atoms with Gasteiger partial charge in [-0.15, -0.1) is 10.2 Å². The number of carbonyl (C=O) groups is 2. The van der Waals surface area contributed by atoms with Crippen molar-refractivity contribution in [2.45, 2.75) is 89.4 Å².